The average molecular weight is 592 g/mol. The van der Waals surface area contributed by atoms with Crippen LogP contribution in [0.1, 0.15) is 51.4 Å². The predicted octanol–water partition coefficient (Wildman–Crippen LogP) is 7.83. The summed E-state index contributed by atoms with van der Waals surface area (Å²) in [6, 6.07) is 42.8. The van der Waals surface area contributed by atoms with Crippen LogP contribution in [0.3, 0.4) is 0 Å². The van der Waals surface area contributed by atoms with E-state index in [0.29, 0.717) is 12.1 Å². The number of benzene rings is 5. The normalized spacial score (nSPS) is 14.7. The number of hydrogen-bond acceptors (Lipinski definition) is 3. The van der Waals surface area contributed by atoms with Crippen LogP contribution in [-0.4, -0.2) is 24.9 Å². The molecule has 45 heavy (non-hydrogen) atoms. The quantitative estimate of drug-likeness (QED) is 0.190. The Morgan fingerprint density at radius 3 is 2.13 bits per heavy atom. The molecule has 2 amide bonds. The average Bonchev–Trinajstić information content (AvgIpc) is 3.48. The maximum absolute atomic E-state index is 13.6. The zero-order valence-electron chi connectivity index (χ0n) is 25.3. The molecule has 1 aliphatic heterocycles. The number of fused-ring (bicyclic) bond motifs is 3. The highest BCUT2D eigenvalue weighted by atomic mass is 16.2. The second kappa shape index (κ2) is 12.8. The summed E-state index contributed by atoms with van der Waals surface area (Å²) in [6.07, 6.45) is 2.72. The number of piperidine rings is 1. The van der Waals surface area contributed by atoms with Gasteiger partial charge in [0.25, 0.3) is 5.91 Å². The fraction of sp³-hybridized carbons (Fsp3) is 0.200. The first kappa shape index (κ1) is 28.6. The highest BCUT2D eigenvalue weighted by molar-refractivity contribution is 6.10. The Morgan fingerprint density at radius 2 is 1.38 bits per heavy atom. The summed E-state index contributed by atoms with van der Waals surface area (Å²) in [5.41, 5.74) is 9.47. The summed E-state index contributed by atoms with van der Waals surface area (Å²) in [4.78, 5) is 29.4. The van der Waals surface area contributed by atoms with Gasteiger partial charge in [0.15, 0.2) is 0 Å². The van der Waals surface area contributed by atoms with E-state index in [-0.39, 0.29) is 23.7 Å². The van der Waals surface area contributed by atoms with Crippen LogP contribution >= 0.6 is 0 Å². The van der Waals surface area contributed by atoms with Gasteiger partial charge in [0, 0.05) is 36.6 Å². The molecule has 5 aromatic rings. The van der Waals surface area contributed by atoms with Gasteiger partial charge in [0.05, 0.1) is 5.92 Å². The molecule has 5 nitrogen and oxygen atoms in total. The Labute approximate surface area is 264 Å². The number of rotatable bonds is 8. The van der Waals surface area contributed by atoms with Gasteiger partial charge in [0.1, 0.15) is 0 Å². The van der Waals surface area contributed by atoms with Gasteiger partial charge in [-0.25, -0.2) is 0 Å². The van der Waals surface area contributed by atoms with E-state index in [0.717, 1.165) is 66.0 Å². The van der Waals surface area contributed by atoms with Crippen molar-refractivity contribution in [1.82, 2.24) is 5.32 Å². The number of nitrogens with one attached hydrogen (secondary N) is 2. The molecule has 224 valence electrons. The van der Waals surface area contributed by atoms with E-state index < -0.39 is 0 Å². The second-order valence-electron chi connectivity index (χ2n) is 12.1. The van der Waals surface area contributed by atoms with Crippen LogP contribution in [0.5, 0.6) is 0 Å². The van der Waals surface area contributed by atoms with Gasteiger partial charge in [-0.15, -0.1) is 0 Å². The molecular formula is C40H37N3O2. The number of hydrogen-bond donors (Lipinski definition) is 2. The van der Waals surface area contributed by atoms with Crippen molar-refractivity contribution in [3.8, 4) is 11.1 Å². The molecule has 1 aliphatic carbocycles. The van der Waals surface area contributed by atoms with E-state index in [1.807, 2.05) is 78.9 Å². The summed E-state index contributed by atoms with van der Waals surface area (Å²) in [7, 11) is 0. The first-order valence-corrected chi connectivity index (χ1v) is 15.9. The van der Waals surface area contributed by atoms with Crippen molar-refractivity contribution in [2.75, 3.05) is 23.3 Å². The van der Waals surface area contributed by atoms with Crippen LogP contribution < -0.4 is 15.5 Å². The van der Waals surface area contributed by atoms with Crippen molar-refractivity contribution in [2.45, 2.75) is 31.7 Å². The van der Waals surface area contributed by atoms with E-state index in [1.165, 1.54) is 11.1 Å². The topological polar surface area (TPSA) is 61.4 Å². The van der Waals surface area contributed by atoms with Crippen molar-refractivity contribution in [3.05, 3.63) is 155 Å². The summed E-state index contributed by atoms with van der Waals surface area (Å²) in [5.74, 6) is 0.0857. The Hall–Kier alpha value is -5.16. The van der Waals surface area contributed by atoms with E-state index in [2.05, 4.69) is 64.1 Å². The minimum absolute atomic E-state index is 0.0883. The largest absolute Gasteiger partial charge is 0.372 e. The van der Waals surface area contributed by atoms with E-state index in [4.69, 9.17) is 0 Å². The third kappa shape index (κ3) is 6.12. The van der Waals surface area contributed by atoms with Crippen LogP contribution in [0.15, 0.2) is 127 Å². The molecule has 2 N–H and O–H groups in total. The van der Waals surface area contributed by atoms with E-state index in [9.17, 15) is 9.59 Å². The van der Waals surface area contributed by atoms with Gasteiger partial charge in [-0.3, -0.25) is 9.59 Å². The Balaban J connectivity index is 0.996. The van der Waals surface area contributed by atoms with Crippen LogP contribution in [0.2, 0.25) is 0 Å². The van der Waals surface area contributed by atoms with Crippen molar-refractivity contribution < 1.29 is 9.59 Å². The van der Waals surface area contributed by atoms with Gasteiger partial charge in [0.2, 0.25) is 5.91 Å². The lowest BCUT2D eigenvalue weighted by Crippen LogP contribution is -2.40. The zero-order valence-corrected chi connectivity index (χ0v) is 25.3. The molecule has 0 spiro atoms. The Bertz CT molecular complexity index is 1790. The molecule has 0 saturated carbocycles. The lowest BCUT2D eigenvalue weighted by atomic mass is 9.79. The molecule has 0 radical (unpaired) electrons. The SMILES string of the molecule is O=C(Nc1ccc(N2CCC(C(C(=O)NCc3ccccc3)c3ccccc3)CC2)cc1)c1cccc2c1-c1ccccc1C2. The lowest BCUT2D eigenvalue weighted by Gasteiger charge is -2.37. The number of carbonyl (C=O) groups is 2. The van der Waals surface area contributed by atoms with Crippen LogP contribution in [0.4, 0.5) is 11.4 Å². The van der Waals surface area contributed by atoms with Gasteiger partial charge >= 0.3 is 0 Å². The number of carbonyl (C=O) groups excluding carboxylic acids is 2. The summed E-state index contributed by atoms with van der Waals surface area (Å²) < 4.78 is 0. The number of nitrogens with zero attached hydrogens (tertiary/aromatic N) is 1. The molecular weight excluding hydrogens is 554 g/mol. The van der Waals surface area contributed by atoms with Crippen molar-refractivity contribution in [1.29, 1.82) is 0 Å². The molecule has 5 aromatic carbocycles. The van der Waals surface area contributed by atoms with E-state index in [1.54, 1.807) is 0 Å². The summed E-state index contributed by atoms with van der Waals surface area (Å²) >= 11 is 0. The smallest absolute Gasteiger partial charge is 0.256 e. The van der Waals surface area contributed by atoms with Gasteiger partial charge < -0.3 is 15.5 Å². The third-order valence-corrected chi connectivity index (χ3v) is 9.32. The molecule has 5 heteroatoms. The molecule has 7 rings (SSSR count). The van der Waals surface area contributed by atoms with Crippen LogP contribution in [0, 0.1) is 5.92 Å². The molecule has 1 unspecified atom stereocenters. The maximum atomic E-state index is 13.6. The lowest BCUT2D eigenvalue weighted by molar-refractivity contribution is -0.124. The monoisotopic (exact) mass is 591 g/mol. The first-order valence-electron chi connectivity index (χ1n) is 15.9. The summed E-state index contributed by atoms with van der Waals surface area (Å²) in [5, 5.41) is 6.33. The molecule has 0 aromatic heterocycles. The van der Waals surface area contributed by atoms with Crippen molar-refractivity contribution in [2.24, 2.45) is 5.92 Å². The fourth-order valence-corrected chi connectivity index (χ4v) is 7.02. The van der Waals surface area contributed by atoms with Crippen molar-refractivity contribution >= 4 is 23.2 Å². The predicted molar refractivity (Wildman–Crippen MR) is 181 cm³/mol. The van der Waals surface area contributed by atoms with Gasteiger partial charge in [-0.05, 0) is 88.9 Å². The standard InChI is InChI=1S/C40H37N3O2/c44-39(36-17-9-15-32-26-31-14-7-8-16-35(31)38(32)36)42-33-18-20-34(21-19-33)43-24-22-30(23-25-43)37(29-12-5-2-6-13-29)40(45)41-27-28-10-3-1-4-11-28/h1-21,30,37H,22-27H2,(H,41,45)(H,42,44). The fourth-order valence-electron chi connectivity index (χ4n) is 7.02. The highest BCUT2D eigenvalue weighted by Crippen LogP contribution is 2.39. The minimum Gasteiger partial charge on any atom is -0.372 e. The molecule has 1 atom stereocenters. The van der Waals surface area contributed by atoms with Gasteiger partial charge in [-0.1, -0.05) is 97.1 Å². The highest BCUT2D eigenvalue weighted by Gasteiger charge is 2.33. The Morgan fingerprint density at radius 1 is 0.711 bits per heavy atom. The zero-order chi connectivity index (χ0) is 30.6. The first-order chi connectivity index (χ1) is 22.1. The number of anilines is 2. The second-order valence-corrected chi connectivity index (χ2v) is 12.1. The molecule has 1 heterocycles. The minimum atomic E-state index is -0.180. The number of amides is 2. The van der Waals surface area contributed by atoms with Gasteiger partial charge in [-0.2, -0.15) is 0 Å². The molecule has 2 aliphatic rings. The Kier molecular flexibility index (Phi) is 8.15. The molecule has 0 bridgehead atoms. The van der Waals surface area contributed by atoms with Crippen LogP contribution in [0.25, 0.3) is 11.1 Å². The molecule has 1 saturated heterocycles. The van der Waals surface area contributed by atoms with Crippen LogP contribution in [-0.2, 0) is 17.8 Å². The van der Waals surface area contributed by atoms with Crippen molar-refractivity contribution in [3.63, 3.8) is 0 Å². The molecule has 1 fully saturated rings. The maximum Gasteiger partial charge on any atom is 0.256 e. The third-order valence-electron chi connectivity index (χ3n) is 9.32. The summed E-state index contributed by atoms with van der Waals surface area (Å²) in [6.45, 7) is 2.28. The van der Waals surface area contributed by atoms with E-state index >= 15 is 0 Å².